The predicted octanol–water partition coefficient (Wildman–Crippen LogP) is 5.88. The lowest BCUT2D eigenvalue weighted by molar-refractivity contribution is 0.0593. The summed E-state index contributed by atoms with van der Waals surface area (Å²) in [6.07, 6.45) is 11.2. The van der Waals surface area contributed by atoms with Gasteiger partial charge in [0, 0.05) is 25.2 Å². The standard InChI is InChI=1S/C29H36FN5O3/c1-19-7-8-22(38-14-11-20-9-12-37-13-10-20)16-23(19)24-17-26(31-18-25(24)30)33-29(36)28-32-27(34-35-28)15-21-5-3-2-4-6-21/h7-8,16-18,20-21H,2-6,9-15H2,1H3,(H,31,33,36)(H,32,34,35). The number of nitrogens with one attached hydrogen (secondary N) is 2. The zero-order valence-corrected chi connectivity index (χ0v) is 22.0. The van der Waals surface area contributed by atoms with Crippen molar-refractivity contribution in [3.8, 4) is 16.9 Å². The molecule has 9 heteroatoms. The minimum absolute atomic E-state index is 0.125. The summed E-state index contributed by atoms with van der Waals surface area (Å²) in [4.78, 5) is 19.9. The van der Waals surface area contributed by atoms with E-state index < -0.39 is 11.7 Å². The Morgan fingerprint density at radius 3 is 2.71 bits per heavy atom. The summed E-state index contributed by atoms with van der Waals surface area (Å²) >= 11 is 0. The molecule has 1 amide bonds. The first kappa shape index (κ1) is 26.3. The van der Waals surface area contributed by atoms with E-state index >= 15 is 0 Å². The van der Waals surface area contributed by atoms with Gasteiger partial charge in [0.25, 0.3) is 5.91 Å². The summed E-state index contributed by atoms with van der Waals surface area (Å²) in [5.41, 5.74) is 1.93. The van der Waals surface area contributed by atoms with Crippen LogP contribution < -0.4 is 10.1 Å². The van der Waals surface area contributed by atoms with Gasteiger partial charge in [0.15, 0.2) is 0 Å². The van der Waals surface area contributed by atoms with Crippen LogP contribution in [-0.2, 0) is 11.2 Å². The third kappa shape index (κ3) is 6.75. The number of H-pyrrole nitrogens is 1. The Kier molecular flexibility index (Phi) is 8.63. The Balaban J connectivity index is 1.24. The topological polar surface area (TPSA) is 102 Å². The number of anilines is 1. The Hall–Kier alpha value is -3.33. The molecule has 1 saturated carbocycles. The average Bonchev–Trinajstić information content (AvgIpc) is 3.41. The zero-order valence-electron chi connectivity index (χ0n) is 22.0. The predicted molar refractivity (Wildman–Crippen MR) is 143 cm³/mol. The quantitative estimate of drug-likeness (QED) is 0.364. The highest BCUT2D eigenvalue weighted by Crippen LogP contribution is 2.31. The molecule has 5 rings (SSSR count). The molecule has 2 aliphatic rings. The smallest absolute Gasteiger partial charge is 0.294 e. The maximum Gasteiger partial charge on any atom is 0.294 e. The second-order valence-corrected chi connectivity index (χ2v) is 10.5. The monoisotopic (exact) mass is 521 g/mol. The van der Waals surface area contributed by atoms with Crippen LogP contribution in [0.2, 0.25) is 0 Å². The lowest BCUT2D eigenvalue weighted by atomic mass is 9.87. The first-order valence-electron chi connectivity index (χ1n) is 13.7. The average molecular weight is 522 g/mol. The van der Waals surface area contributed by atoms with E-state index in [0.717, 1.165) is 56.5 Å². The van der Waals surface area contributed by atoms with Crippen LogP contribution in [0, 0.1) is 24.6 Å². The van der Waals surface area contributed by atoms with Gasteiger partial charge in [-0.15, -0.1) is 10.2 Å². The molecule has 2 aromatic heterocycles. The van der Waals surface area contributed by atoms with Crippen LogP contribution in [0.3, 0.4) is 0 Å². The van der Waals surface area contributed by atoms with Crippen LogP contribution in [0.4, 0.5) is 10.2 Å². The Morgan fingerprint density at radius 2 is 1.89 bits per heavy atom. The summed E-state index contributed by atoms with van der Waals surface area (Å²) in [5.74, 6) is 2.04. The minimum atomic E-state index is -0.472. The lowest BCUT2D eigenvalue weighted by Crippen LogP contribution is -2.17. The number of aromatic nitrogens is 4. The van der Waals surface area contributed by atoms with Gasteiger partial charge in [-0.1, -0.05) is 38.2 Å². The van der Waals surface area contributed by atoms with Gasteiger partial charge in [-0.05, 0) is 67.3 Å². The molecule has 8 nitrogen and oxygen atoms in total. The molecule has 2 fully saturated rings. The van der Waals surface area contributed by atoms with E-state index in [4.69, 9.17) is 9.47 Å². The number of pyridine rings is 1. The van der Waals surface area contributed by atoms with Crippen LogP contribution in [-0.4, -0.2) is 45.9 Å². The Labute approximate surface area is 222 Å². The van der Waals surface area contributed by atoms with E-state index in [2.05, 4.69) is 25.5 Å². The molecule has 3 heterocycles. The molecule has 1 saturated heterocycles. The Bertz CT molecular complexity index is 1230. The van der Waals surface area contributed by atoms with E-state index in [1.807, 2.05) is 25.1 Å². The Morgan fingerprint density at radius 1 is 1.08 bits per heavy atom. The van der Waals surface area contributed by atoms with Gasteiger partial charge in [-0.25, -0.2) is 9.37 Å². The number of benzene rings is 1. The number of hydrogen-bond acceptors (Lipinski definition) is 6. The molecule has 2 N–H and O–H groups in total. The van der Waals surface area contributed by atoms with Gasteiger partial charge < -0.3 is 19.8 Å². The maximum absolute atomic E-state index is 14.9. The van der Waals surface area contributed by atoms with Gasteiger partial charge in [0.1, 0.15) is 23.2 Å². The molecule has 0 unspecified atom stereocenters. The van der Waals surface area contributed by atoms with Gasteiger partial charge in [-0.2, -0.15) is 0 Å². The number of rotatable bonds is 9. The molecule has 1 aliphatic carbocycles. The second-order valence-electron chi connectivity index (χ2n) is 10.5. The van der Waals surface area contributed by atoms with Crippen molar-refractivity contribution in [2.75, 3.05) is 25.1 Å². The van der Waals surface area contributed by atoms with Crippen molar-refractivity contribution in [3.63, 3.8) is 0 Å². The van der Waals surface area contributed by atoms with E-state index in [-0.39, 0.29) is 11.6 Å². The van der Waals surface area contributed by atoms with Crippen molar-refractivity contribution >= 4 is 11.7 Å². The van der Waals surface area contributed by atoms with Gasteiger partial charge >= 0.3 is 0 Å². The molecule has 38 heavy (non-hydrogen) atoms. The highest BCUT2D eigenvalue weighted by Gasteiger charge is 2.19. The van der Waals surface area contributed by atoms with Crippen molar-refractivity contribution in [1.82, 2.24) is 20.2 Å². The van der Waals surface area contributed by atoms with Crippen molar-refractivity contribution in [1.29, 1.82) is 0 Å². The van der Waals surface area contributed by atoms with Crippen LogP contribution >= 0.6 is 0 Å². The van der Waals surface area contributed by atoms with E-state index in [1.54, 1.807) is 6.07 Å². The van der Waals surface area contributed by atoms with Crippen LogP contribution in [0.5, 0.6) is 5.75 Å². The number of halogens is 1. The summed E-state index contributed by atoms with van der Waals surface area (Å²) < 4.78 is 26.3. The van der Waals surface area contributed by atoms with Crippen LogP contribution in [0.15, 0.2) is 30.5 Å². The number of nitrogens with zero attached hydrogens (tertiary/aromatic N) is 3. The normalized spacial score (nSPS) is 16.9. The van der Waals surface area contributed by atoms with Crippen molar-refractivity contribution < 1.29 is 18.7 Å². The van der Waals surface area contributed by atoms with Gasteiger partial charge in [0.2, 0.25) is 5.82 Å². The number of ether oxygens (including phenoxy) is 2. The summed E-state index contributed by atoms with van der Waals surface area (Å²) in [5, 5.41) is 10.9. The maximum atomic E-state index is 14.9. The fraction of sp³-hybridized carbons (Fsp3) is 0.517. The second kappa shape index (κ2) is 12.5. The van der Waals surface area contributed by atoms with E-state index in [1.165, 1.54) is 32.1 Å². The number of aromatic amines is 1. The van der Waals surface area contributed by atoms with E-state index in [0.29, 0.717) is 35.3 Å². The molecule has 3 aromatic rings. The summed E-state index contributed by atoms with van der Waals surface area (Å²) in [7, 11) is 0. The van der Waals surface area contributed by atoms with Gasteiger partial charge in [-0.3, -0.25) is 4.79 Å². The number of amides is 1. The largest absolute Gasteiger partial charge is 0.494 e. The first-order chi connectivity index (χ1) is 18.5. The molecule has 1 aliphatic heterocycles. The zero-order chi connectivity index (χ0) is 26.3. The molecule has 0 spiro atoms. The summed E-state index contributed by atoms with van der Waals surface area (Å²) in [6.45, 7) is 4.16. The third-order valence-electron chi connectivity index (χ3n) is 7.69. The molecule has 1 aromatic carbocycles. The molecule has 0 bridgehead atoms. The van der Waals surface area contributed by atoms with Crippen molar-refractivity contribution in [2.45, 2.75) is 64.7 Å². The van der Waals surface area contributed by atoms with Crippen molar-refractivity contribution in [2.24, 2.45) is 11.8 Å². The number of hydrogen-bond donors (Lipinski definition) is 2. The summed E-state index contributed by atoms with van der Waals surface area (Å²) in [6, 6.07) is 7.21. The number of aryl methyl sites for hydroxylation is 1. The SMILES string of the molecule is Cc1ccc(OCCC2CCOCC2)cc1-c1cc(NC(=O)c2nnc(CC3CCCCC3)[nH]2)ncc1F. The third-order valence-corrected chi connectivity index (χ3v) is 7.69. The fourth-order valence-electron chi connectivity index (χ4n) is 5.40. The molecule has 0 atom stereocenters. The molecule has 202 valence electrons. The van der Waals surface area contributed by atoms with Crippen LogP contribution in [0.25, 0.3) is 11.1 Å². The number of carbonyl (C=O) groups is 1. The first-order valence-corrected chi connectivity index (χ1v) is 13.7. The van der Waals surface area contributed by atoms with Crippen molar-refractivity contribution in [3.05, 3.63) is 53.5 Å². The highest BCUT2D eigenvalue weighted by atomic mass is 19.1. The highest BCUT2D eigenvalue weighted by molar-refractivity contribution is 6.01. The van der Waals surface area contributed by atoms with E-state index in [9.17, 15) is 9.18 Å². The van der Waals surface area contributed by atoms with Crippen LogP contribution in [0.1, 0.15) is 73.4 Å². The molecule has 0 radical (unpaired) electrons. The minimum Gasteiger partial charge on any atom is -0.494 e. The fourth-order valence-corrected chi connectivity index (χ4v) is 5.40. The van der Waals surface area contributed by atoms with Gasteiger partial charge in [0.05, 0.1) is 12.8 Å². The lowest BCUT2D eigenvalue weighted by Gasteiger charge is -2.22. The molecular weight excluding hydrogens is 485 g/mol. The number of carbonyl (C=O) groups excluding carboxylic acids is 1. The molecular formula is C29H36FN5O3.